The number of nitrogens with two attached hydrogens (primary N) is 1. The fourth-order valence-electron chi connectivity index (χ4n) is 1.64. The summed E-state index contributed by atoms with van der Waals surface area (Å²) in [5.41, 5.74) is 6.56. The maximum atomic E-state index is 11.7. The summed E-state index contributed by atoms with van der Waals surface area (Å²) < 4.78 is 0. The topological polar surface area (TPSA) is 78.9 Å². The molecule has 1 aromatic carbocycles. The van der Waals surface area contributed by atoms with E-state index in [9.17, 15) is 4.79 Å². The summed E-state index contributed by atoms with van der Waals surface area (Å²) in [5.74, 6) is 0.0337. The first-order valence-corrected chi connectivity index (χ1v) is 5.87. The number of likely N-dealkylation sites (N-methyl/N-ethyl adjacent to an activating group) is 1. The number of carbonyl (C=O) groups excluding carboxylic acids is 1. The molecule has 5 heteroatoms. The van der Waals surface area contributed by atoms with Gasteiger partial charge in [0.1, 0.15) is 0 Å². The fourth-order valence-corrected chi connectivity index (χ4v) is 1.64. The van der Waals surface area contributed by atoms with Crippen LogP contribution in [0.25, 0.3) is 0 Å². The molecule has 0 aromatic heterocycles. The van der Waals surface area contributed by atoms with Crippen LogP contribution in [0.3, 0.4) is 0 Å². The maximum absolute atomic E-state index is 11.7. The summed E-state index contributed by atoms with van der Waals surface area (Å²) in [4.78, 5) is 13.2. The number of amidine groups is 1. The third-order valence-electron chi connectivity index (χ3n) is 2.65. The van der Waals surface area contributed by atoms with Gasteiger partial charge in [-0.3, -0.25) is 4.79 Å². The zero-order chi connectivity index (χ0) is 13.4. The van der Waals surface area contributed by atoms with E-state index in [1.807, 2.05) is 30.3 Å². The van der Waals surface area contributed by atoms with Crippen LogP contribution in [0.5, 0.6) is 0 Å². The molecule has 0 saturated carbocycles. The predicted molar refractivity (Wildman–Crippen MR) is 70.4 cm³/mol. The third kappa shape index (κ3) is 4.86. The van der Waals surface area contributed by atoms with E-state index in [4.69, 9.17) is 10.9 Å². The molecule has 0 heterocycles. The van der Waals surface area contributed by atoms with Gasteiger partial charge in [-0.15, -0.1) is 0 Å². The monoisotopic (exact) mass is 249 g/mol. The Morgan fingerprint density at radius 1 is 1.39 bits per heavy atom. The number of aryl methyl sites for hydroxylation is 1. The largest absolute Gasteiger partial charge is 0.409 e. The van der Waals surface area contributed by atoms with Crippen molar-refractivity contribution in [3.05, 3.63) is 35.9 Å². The summed E-state index contributed by atoms with van der Waals surface area (Å²) in [7, 11) is 1.64. The van der Waals surface area contributed by atoms with Crippen LogP contribution in [0.4, 0.5) is 0 Å². The van der Waals surface area contributed by atoms with Gasteiger partial charge in [0.15, 0.2) is 5.84 Å². The molecule has 0 fully saturated rings. The van der Waals surface area contributed by atoms with Crippen LogP contribution in [0.1, 0.15) is 18.4 Å². The van der Waals surface area contributed by atoms with Crippen molar-refractivity contribution in [1.29, 1.82) is 0 Å². The van der Waals surface area contributed by atoms with E-state index in [1.54, 1.807) is 7.05 Å². The van der Waals surface area contributed by atoms with E-state index < -0.39 is 0 Å². The molecule has 0 saturated heterocycles. The lowest BCUT2D eigenvalue weighted by molar-refractivity contribution is -0.129. The van der Waals surface area contributed by atoms with Gasteiger partial charge in [0, 0.05) is 13.5 Å². The van der Waals surface area contributed by atoms with Crippen molar-refractivity contribution in [3.63, 3.8) is 0 Å². The fraction of sp³-hybridized carbons (Fsp3) is 0.385. The number of benzene rings is 1. The quantitative estimate of drug-likeness (QED) is 0.344. The Labute approximate surface area is 107 Å². The van der Waals surface area contributed by atoms with Gasteiger partial charge < -0.3 is 15.8 Å². The van der Waals surface area contributed by atoms with E-state index in [-0.39, 0.29) is 18.3 Å². The first kappa shape index (κ1) is 14.0. The van der Waals surface area contributed by atoms with Crippen LogP contribution < -0.4 is 5.73 Å². The molecule has 98 valence electrons. The van der Waals surface area contributed by atoms with E-state index in [1.165, 1.54) is 10.5 Å². The Kier molecular flexibility index (Phi) is 5.70. The molecule has 0 aliphatic rings. The average Bonchev–Trinajstić information content (AvgIpc) is 2.39. The minimum absolute atomic E-state index is 0.00229. The number of oxime groups is 1. The molecule has 5 nitrogen and oxygen atoms in total. The Morgan fingerprint density at radius 2 is 2.06 bits per heavy atom. The van der Waals surface area contributed by atoms with Gasteiger partial charge in [0.25, 0.3) is 0 Å². The van der Waals surface area contributed by atoms with Gasteiger partial charge in [0.05, 0.1) is 6.54 Å². The number of rotatable bonds is 6. The van der Waals surface area contributed by atoms with Crippen LogP contribution in [0, 0.1) is 0 Å². The molecule has 1 rings (SSSR count). The lowest BCUT2D eigenvalue weighted by atomic mass is 10.1. The summed E-state index contributed by atoms with van der Waals surface area (Å²) in [6.07, 6.45) is 2.14. The summed E-state index contributed by atoms with van der Waals surface area (Å²) >= 11 is 0. The molecular formula is C13H19N3O2. The standard InChI is InChI=1S/C13H19N3O2/c1-16(10-12(14)15-18)13(17)9-5-8-11-6-3-2-4-7-11/h2-4,6-7,18H,5,8-10H2,1H3,(H2,14,15). The first-order chi connectivity index (χ1) is 8.63. The third-order valence-corrected chi connectivity index (χ3v) is 2.65. The molecule has 0 atom stereocenters. The van der Waals surface area contributed by atoms with Crippen molar-refractivity contribution in [2.24, 2.45) is 10.9 Å². The molecule has 18 heavy (non-hydrogen) atoms. The highest BCUT2D eigenvalue weighted by molar-refractivity contribution is 5.86. The zero-order valence-electron chi connectivity index (χ0n) is 10.5. The van der Waals surface area contributed by atoms with Gasteiger partial charge in [-0.2, -0.15) is 0 Å². The molecule has 0 aliphatic heterocycles. The molecule has 3 N–H and O–H groups in total. The maximum Gasteiger partial charge on any atom is 0.222 e. The van der Waals surface area contributed by atoms with Gasteiger partial charge in [-0.25, -0.2) is 0 Å². The predicted octanol–water partition coefficient (Wildman–Crippen LogP) is 1.21. The highest BCUT2D eigenvalue weighted by Gasteiger charge is 2.09. The Hall–Kier alpha value is -2.04. The smallest absolute Gasteiger partial charge is 0.222 e. The first-order valence-electron chi connectivity index (χ1n) is 5.87. The second-order valence-electron chi connectivity index (χ2n) is 4.18. The number of hydrogen-bond acceptors (Lipinski definition) is 3. The van der Waals surface area contributed by atoms with Crippen molar-refractivity contribution in [3.8, 4) is 0 Å². The van der Waals surface area contributed by atoms with Crippen LogP contribution in [0.2, 0.25) is 0 Å². The van der Waals surface area contributed by atoms with Crippen LogP contribution in [0.15, 0.2) is 35.5 Å². The van der Waals surface area contributed by atoms with Gasteiger partial charge in [0.2, 0.25) is 5.91 Å². The number of amides is 1. The minimum Gasteiger partial charge on any atom is -0.409 e. The molecular weight excluding hydrogens is 230 g/mol. The number of carbonyl (C=O) groups is 1. The summed E-state index contributed by atoms with van der Waals surface area (Å²) in [6, 6.07) is 10.0. The van der Waals surface area contributed by atoms with Crippen LogP contribution in [-0.2, 0) is 11.2 Å². The van der Waals surface area contributed by atoms with E-state index in [0.29, 0.717) is 6.42 Å². The Morgan fingerprint density at radius 3 is 2.67 bits per heavy atom. The van der Waals surface area contributed by atoms with E-state index in [2.05, 4.69) is 5.16 Å². The van der Waals surface area contributed by atoms with E-state index >= 15 is 0 Å². The van der Waals surface area contributed by atoms with E-state index in [0.717, 1.165) is 12.8 Å². The van der Waals surface area contributed by atoms with Gasteiger partial charge in [-0.05, 0) is 18.4 Å². The van der Waals surface area contributed by atoms with Crippen LogP contribution >= 0.6 is 0 Å². The second-order valence-corrected chi connectivity index (χ2v) is 4.18. The lowest BCUT2D eigenvalue weighted by Gasteiger charge is -2.15. The van der Waals surface area contributed by atoms with Crippen molar-refractivity contribution >= 4 is 11.7 Å². The lowest BCUT2D eigenvalue weighted by Crippen LogP contribution is -2.35. The highest BCUT2D eigenvalue weighted by Crippen LogP contribution is 2.05. The van der Waals surface area contributed by atoms with Crippen molar-refractivity contribution < 1.29 is 10.0 Å². The molecule has 0 radical (unpaired) electrons. The number of nitrogens with zero attached hydrogens (tertiary/aromatic N) is 2. The van der Waals surface area contributed by atoms with Crippen LogP contribution in [-0.4, -0.2) is 35.4 Å². The second kappa shape index (κ2) is 7.32. The van der Waals surface area contributed by atoms with Crippen molar-refractivity contribution in [2.75, 3.05) is 13.6 Å². The summed E-state index contributed by atoms with van der Waals surface area (Å²) in [5, 5.41) is 11.3. The zero-order valence-corrected chi connectivity index (χ0v) is 10.5. The summed E-state index contributed by atoms with van der Waals surface area (Å²) in [6.45, 7) is 0.153. The minimum atomic E-state index is -0.00229. The molecule has 0 unspecified atom stereocenters. The van der Waals surface area contributed by atoms with Crippen molar-refractivity contribution in [2.45, 2.75) is 19.3 Å². The SMILES string of the molecule is CN(CC(N)=NO)C(=O)CCCc1ccccc1. The highest BCUT2D eigenvalue weighted by atomic mass is 16.4. The number of hydrogen-bond donors (Lipinski definition) is 2. The van der Waals surface area contributed by atoms with Gasteiger partial charge in [-0.1, -0.05) is 35.5 Å². The molecule has 1 aromatic rings. The molecule has 0 aliphatic carbocycles. The molecule has 0 bridgehead atoms. The molecule has 1 amide bonds. The normalized spacial score (nSPS) is 11.3. The Balaban J connectivity index is 2.29. The Bertz CT molecular complexity index is 404. The van der Waals surface area contributed by atoms with Gasteiger partial charge >= 0.3 is 0 Å². The molecule has 0 spiro atoms. The average molecular weight is 249 g/mol. The van der Waals surface area contributed by atoms with Crippen molar-refractivity contribution in [1.82, 2.24) is 4.90 Å².